The third-order valence-corrected chi connectivity index (χ3v) is 4.30. The number of carboxylic acids is 1. The monoisotopic (exact) mass is 309 g/mol. The quantitative estimate of drug-likeness (QED) is 0.927. The fraction of sp³-hybridized carbons (Fsp3) is 0.467. The summed E-state index contributed by atoms with van der Waals surface area (Å²) in [5, 5.41) is 9.58. The molecule has 6 heteroatoms. The van der Waals surface area contributed by atoms with Gasteiger partial charge in [-0.05, 0) is 24.1 Å². The van der Waals surface area contributed by atoms with Crippen molar-refractivity contribution in [2.75, 3.05) is 19.7 Å². The van der Waals surface area contributed by atoms with Crippen LogP contribution in [0.5, 0.6) is 0 Å². The standard InChI is InChI=1S/C15H16ClNO4/c16-10-3-1-9(2-4-10)13-8-17(5-6-21-13)14(18)11-7-12(11)15(19)20/h1-4,11-13H,5-8H2,(H,19,20)/t11-,12+,13-/m0/s1. The molecular formula is C15H16ClNO4. The van der Waals surface area contributed by atoms with Gasteiger partial charge in [0, 0.05) is 11.6 Å². The van der Waals surface area contributed by atoms with Gasteiger partial charge in [0.05, 0.1) is 25.0 Å². The third kappa shape index (κ3) is 3.04. The molecule has 0 aromatic heterocycles. The molecule has 2 aliphatic rings. The van der Waals surface area contributed by atoms with Crippen LogP contribution in [0.15, 0.2) is 24.3 Å². The lowest BCUT2D eigenvalue weighted by atomic mass is 10.1. The SMILES string of the molecule is O=C(O)[C@@H]1C[C@@H]1C(=O)N1CCO[C@H](c2ccc(Cl)cc2)C1. The van der Waals surface area contributed by atoms with Crippen LogP contribution in [0.3, 0.4) is 0 Å². The van der Waals surface area contributed by atoms with Crippen LogP contribution in [-0.4, -0.2) is 41.6 Å². The van der Waals surface area contributed by atoms with E-state index in [9.17, 15) is 9.59 Å². The number of hydrogen-bond acceptors (Lipinski definition) is 3. The highest BCUT2D eigenvalue weighted by atomic mass is 35.5. The molecule has 1 amide bonds. The first-order valence-electron chi connectivity index (χ1n) is 6.95. The number of aliphatic carboxylic acids is 1. The van der Waals surface area contributed by atoms with Crippen molar-refractivity contribution < 1.29 is 19.4 Å². The Morgan fingerprint density at radius 2 is 1.95 bits per heavy atom. The molecule has 1 saturated carbocycles. The number of ether oxygens (including phenoxy) is 1. The zero-order chi connectivity index (χ0) is 15.0. The van der Waals surface area contributed by atoms with Gasteiger partial charge in [0.1, 0.15) is 6.10 Å². The number of nitrogens with zero attached hydrogens (tertiary/aromatic N) is 1. The van der Waals surface area contributed by atoms with E-state index in [1.54, 1.807) is 17.0 Å². The van der Waals surface area contributed by atoms with Crippen molar-refractivity contribution in [1.82, 2.24) is 4.90 Å². The number of hydrogen-bond donors (Lipinski definition) is 1. The maximum Gasteiger partial charge on any atom is 0.307 e. The summed E-state index contributed by atoms with van der Waals surface area (Å²) in [7, 11) is 0. The molecule has 1 aliphatic carbocycles. The predicted octanol–water partition coefficient (Wildman–Crippen LogP) is 1.96. The van der Waals surface area contributed by atoms with Gasteiger partial charge in [-0.15, -0.1) is 0 Å². The average Bonchev–Trinajstić information content (AvgIpc) is 3.28. The Hall–Kier alpha value is -1.59. The third-order valence-electron chi connectivity index (χ3n) is 4.04. The van der Waals surface area contributed by atoms with Crippen LogP contribution in [0.2, 0.25) is 5.02 Å². The number of halogens is 1. The van der Waals surface area contributed by atoms with E-state index in [1.807, 2.05) is 12.1 Å². The number of carbonyl (C=O) groups is 2. The summed E-state index contributed by atoms with van der Waals surface area (Å²) >= 11 is 5.86. The van der Waals surface area contributed by atoms with Gasteiger partial charge >= 0.3 is 5.97 Å². The second-order valence-corrected chi connectivity index (χ2v) is 5.92. The maximum absolute atomic E-state index is 12.3. The summed E-state index contributed by atoms with van der Waals surface area (Å²) < 4.78 is 5.71. The molecule has 112 valence electrons. The van der Waals surface area contributed by atoms with Crippen LogP contribution in [0.25, 0.3) is 0 Å². The average molecular weight is 310 g/mol. The number of amides is 1. The molecule has 1 aromatic rings. The fourth-order valence-electron chi connectivity index (χ4n) is 2.70. The highest BCUT2D eigenvalue weighted by Gasteiger charge is 2.50. The first kappa shape index (κ1) is 14.4. The van der Waals surface area contributed by atoms with E-state index in [-0.39, 0.29) is 17.9 Å². The molecule has 0 unspecified atom stereocenters. The van der Waals surface area contributed by atoms with Gasteiger partial charge in [-0.3, -0.25) is 9.59 Å². The summed E-state index contributed by atoms with van der Waals surface area (Å²) in [5.74, 6) is -1.80. The van der Waals surface area contributed by atoms with Crippen molar-refractivity contribution in [2.24, 2.45) is 11.8 Å². The number of carbonyl (C=O) groups excluding carboxylic acids is 1. The second-order valence-electron chi connectivity index (χ2n) is 5.48. The van der Waals surface area contributed by atoms with E-state index in [0.717, 1.165) is 5.56 Å². The highest BCUT2D eigenvalue weighted by molar-refractivity contribution is 6.30. The van der Waals surface area contributed by atoms with Crippen molar-refractivity contribution in [3.8, 4) is 0 Å². The van der Waals surface area contributed by atoms with Gasteiger partial charge in [0.2, 0.25) is 5.91 Å². The maximum atomic E-state index is 12.3. The van der Waals surface area contributed by atoms with Crippen LogP contribution in [0.1, 0.15) is 18.1 Å². The van der Waals surface area contributed by atoms with Gasteiger partial charge < -0.3 is 14.7 Å². The lowest BCUT2D eigenvalue weighted by Gasteiger charge is -2.33. The molecule has 1 aromatic carbocycles. The summed E-state index contributed by atoms with van der Waals surface area (Å²) in [6.07, 6.45) is 0.277. The number of morpholine rings is 1. The Balaban J connectivity index is 1.65. The van der Waals surface area contributed by atoms with Crippen LogP contribution < -0.4 is 0 Å². The largest absolute Gasteiger partial charge is 0.481 e. The van der Waals surface area contributed by atoms with Gasteiger partial charge in [-0.2, -0.15) is 0 Å². The first-order valence-corrected chi connectivity index (χ1v) is 7.32. The van der Waals surface area contributed by atoms with Crippen molar-refractivity contribution in [3.05, 3.63) is 34.9 Å². The topological polar surface area (TPSA) is 66.8 Å². The number of benzene rings is 1. The lowest BCUT2D eigenvalue weighted by molar-refractivity contribution is -0.145. The van der Waals surface area contributed by atoms with E-state index in [0.29, 0.717) is 31.1 Å². The lowest BCUT2D eigenvalue weighted by Crippen LogP contribution is -2.43. The molecular weight excluding hydrogens is 294 g/mol. The van der Waals surface area contributed by atoms with E-state index in [4.69, 9.17) is 21.4 Å². The van der Waals surface area contributed by atoms with Gasteiger partial charge in [0.25, 0.3) is 0 Å². The van der Waals surface area contributed by atoms with Crippen LogP contribution in [-0.2, 0) is 14.3 Å². The van der Waals surface area contributed by atoms with Crippen molar-refractivity contribution in [2.45, 2.75) is 12.5 Å². The van der Waals surface area contributed by atoms with Crippen molar-refractivity contribution in [1.29, 1.82) is 0 Å². The zero-order valence-electron chi connectivity index (χ0n) is 11.4. The minimum absolute atomic E-state index is 0.0651. The Morgan fingerprint density at radius 3 is 2.57 bits per heavy atom. The first-order chi connectivity index (χ1) is 10.1. The van der Waals surface area contributed by atoms with E-state index >= 15 is 0 Å². The van der Waals surface area contributed by atoms with Crippen molar-refractivity contribution in [3.63, 3.8) is 0 Å². The molecule has 3 rings (SSSR count). The molecule has 1 aliphatic heterocycles. The van der Waals surface area contributed by atoms with Crippen LogP contribution in [0, 0.1) is 11.8 Å². The van der Waals surface area contributed by atoms with Gasteiger partial charge in [0.15, 0.2) is 0 Å². The van der Waals surface area contributed by atoms with E-state index < -0.39 is 11.9 Å². The van der Waals surface area contributed by atoms with Crippen molar-refractivity contribution >= 4 is 23.5 Å². The van der Waals surface area contributed by atoms with Gasteiger partial charge in [-0.25, -0.2) is 0 Å². The molecule has 5 nitrogen and oxygen atoms in total. The zero-order valence-corrected chi connectivity index (χ0v) is 12.1. The Bertz CT molecular complexity index is 559. The summed E-state index contributed by atoms with van der Waals surface area (Å²) in [6.45, 7) is 1.44. The fourth-order valence-corrected chi connectivity index (χ4v) is 2.83. The number of carboxylic acid groups (broad SMARTS) is 1. The Morgan fingerprint density at radius 1 is 1.24 bits per heavy atom. The minimum Gasteiger partial charge on any atom is -0.481 e. The smallest absolute Gasteiger partial charge is 0.307 e. The predicted molar refractivity (Wildman–Crippen MR) is 76.0 cm³/mol. The Kier molecular flexibility index (Phi) is 3.87. The molecule has 1 heterocycles. The molecule has 2 fully saturated rings. The molecule has 1 saturated heterocycles. The molecule has 3 atom stereocenters. The van der Waals surface area contributed by atoms with E-state index in [1.165, 1.54) is 0 Å². The minimum atomic E-state index is -0.879. The molecule has 0 radical (unpaired) electrons. The normalized spacial score (nSPS) is 28.2. The van der Waals surface area contributed by atoms with Gasteiger partial charge in [-0.1, -0.05) is 23.7 Å². The summed E-state index contributed by atoms with van der Waals surface area (Å²) in [5.41, 5.74) is 0.975. The molecule has 0 spiro atoms. The van der Waals surface area contributed by atoms with E-state index in [2.05, 4.69) is 0 Å². The Labute approximate surface area is 127 Å². The summed E-state index contributed by atoms with van der Waals surface area (Å²) in [6, 6.07) is 7.36. The number of rotatable bonds is 3. The molecule has 21 heavy (non-hydrogen) atoms. The molecule has 0 bridgehead atoms. The van der Waals surface area contributed by atoms with Crippen LogP contribution >= 0.6 is 11.6 Å². The second kappa shape index (κ2) is 5.66. The van der Waals surface area contributed by atoms with Crippen LogP contribution in [0.4, 0.5) is 0 Å². The highest BCUT2D eigenvalue weighted by Crippen LogP contribution is 2.40. The summed E-state index contributed by atoms with van der Waals surface area (Å²) in [4.78, 5) is 24.9. The molecule has 1 N–H and O–H groups in total.